The maximum atomic E-state index is 13.7. The molecule has 0 bridgehead atoms. The minimum atomic E-state index is -4.34. The minimum absolute atomic E-state index is 0.0638. The van der Waals surface area contributed by atoms with Crippen molar-refractivity contribution in [2.75, 3.05) is 0 Å². The number of carboxylic acid groups (broad SMARTS) is 1. The molecule has 1 aromatic carbocycles. The van der Waals surface area contributed by atoms with Crippen LogP contribution in [0, 0.1) is 5.92 Å². The maximum absolute atomic E-state index is 13.7. The zero-order chi connectivity index (χ0) is 21.7. The summed E-state index contributed by atoms with van der Waals surface area (Å²) in [5.41, 5.74) is -0.842. The van der Waals surface area contributed by atoms with E-state index in [0.717, 1.165) is 0 Å². The third-order valence-corrected chi connectivity index (χ3v) is 3.97. The number of carbonyl (C=O) groups excluding carboxylic acids is 3. The van der Waals surface area contributed by atoms with Crippen LogP contribution in [0.2, 0.25) is 0 Å². The number of ether oxygens (including phenoxy) is 3. The summed E-state index contributed by atoms with van der Waals surface area (Å²) >= 11 is 0. The third kappa shape index (κ3) is 6.17. The molecule has 0 heterocycles. The van der Waals surface area contributed by atoms with Crippen molar-refractivity contribution < 1.29 is 42.5 Å². The molecule has 7 nitrogen and oxygen atoms in total. The van der Waals surface area contributed by atoms with Gasteiger partial charge < -0.3 is 24.1 Å². The smallest absolute Gasteiger partial charge is 0.514 e. The van der Waals surface area contributed by atoms with Crippen LogP contribution in [-0.4, -0.2) is 35.7 Å². The molecule has 0 saturated carbocycles. The van der Waals surface area contributed by atoms with Gasteiger partial charge >= 0.3 is 18.0 Å². The summed E-state index contributed by atoms with van der Waals surface area (Å²) in [7, 11) is 0. The Morgan fingerprint density at radius 1 is 1.11 bits per heavy atom. The number of benzene rings is 1. The predicted molar refractivity (Wildman–Crippen MR) is 91.9 cm³/mol. The molecule has 0 aliphatic rings. The lowest BCUT2D eigenvalue weighted by Gasteiger charge is -2.30. The van der Waals surface area contributed by atoms with Gasteiger partial charge in [0.1, 0.15) is 17.3 Å². The predicted octanol–water partition coefficient (Wildman–Crippen LogP) is 2.96. The molecule has 1 aromatic rings. The topological polar surface area (TPSA) is 102 Å². The molecule has 0 N–H and O–H groups in total. The van der Waals surface area contributed by atoms with E-state index in [4.69, 9.17) is 9.47 Å². The van der Waals surface area contributed by atoms with Crippen LogP contribution in [0.4, 0.5) is 13.6 Å². The number of carbonyl (C=O) groups is 3. The molecule has 0 aliphatic carbocycles. The fourth-order valence-corrected chi connectivity index (χ4v) is 2.00. The SMILES string of the molecule is CCC(C)(C)OC(=O)Oc1ccc(C(=O)OC(C(C)C)C(F)(F)C(=O)[O-])cc1. The lowest BCUT2D eigenvalue weighted by molar-refractivity contribution is -0.337. The first kappa shape index (κ1) is 23.3. The van der Waals surface area contributed by atoms with Crippen molar-refractivity contribution in [1.29, 1.82) is 0 Å². The van der Waals surface area contributed by atoms with Gasteiger partial charge in [0.05, 0.1) is 5.56 Å². The molecule has 0 spiro atoms. The van der Waals surface area contributed by atoms with Crippen molar-refractivity contribution in [2.45, 2.75) is 58.7 Å². The Hall–Kier alpha value is -2.71. The maximum Gasteiger partial charge on any atom is 0.514 e. The van der Waals surface area contributed by atoms with E-state index in [1.54, 1.807) is 13.8 Å². The Labute approximate surface area is 161 Å². The molecule has 1 atom stereocenters. The fraction of sp³-hybridized carbons (Fsp3) is 0.526. The molecule has 0 saturated heterocycles. The highest BCUT2D eigenvalue weighted by molar-refractivity contribution is 5.90. The van der Waals surface area contributed by atoms with E-state index in [0.29, 0.717) is 6.42 Å². The van der Waals surface area contributed by atoms with Crippen molar-refractivity contribution in [3.05, 3.63) is 29.8 Å². The quantitative estimate of drug-likeness (QED) is 0.487. The molecule has 0 fully saturated rings. The first-order valence-corrected chi connectivity index (χ1v) is 8.61. The van der Waals surface area contributed by atoms with E-state index in [1.165, 1.54) is 38.1 Å². The molecule has 0 amide bonds. The number of aliphatic carboxylic acids is 1. The number of hydrogen-bond acceptors (Lipinski definition) is 7. The van der Waals surface area contributed by atoms with Crippen LogP contribution >= 0.6 is 0 Å². The van der Waals surface area contributed by atoms with E-state index in [-0.39, 0.29) is 11.3 Å². The fourth-order valence-electron chi connectivity index (χ4n) is 2.00. The molecule has 0 aromatic heterocycles. The highest BCUT2D eigenvalue weighted by atomic mass is 19.3. The molecule has 0 aliphatic heterocycles. The van der Waals surface area contributed by atoms with Crippen molar-refractivity contribution in [3.63, 3.8) is 0 Å². The van der Waals surface area contributed by atoms with Gasteiger partial charge in [-0.05, 0) is 50.5 Å². The van der Waals surface area contributed by atoms with Crippen molar-refractivity contribution >= 4 is 18.1 Å². The molecule has 1 rings (SSSR count). The highest BCUT2D eigenvalue weighted by Crippen LogP contribution is 2.28. The zero-order valence-corrected chi connectivity index (χ0v) is 16.3. The van der Waals surface area contributed by atoms with Crippen LogP contribution in [0.15, 0.2) is 24.3 Å². The van der Waals surface area contributed by atoms with Crippen molar-refractivity contribution in [3.8, 4) is 5.75 Å². The second-order valence-electron chi connectivity index (χ2n) is 7.07. The van der Waals surface area contributed by atoms with Gasteiger partial charge in [0.15, 0.2) is 6.10 Å². The number of alkyl halides is 2. The van der Waals surface area contributed by atoms with E-state index in [9.17, 15) is 28.3 Å². The average molecular weight is 401 g/mol. The molecule has 1 unspecified atom stereocenters. The monoisotopic (exact) mass is 401 g/mol. The van der Waals surface area contributed by atoms with Gasteiger partial charge in [0.25, 0.3) is 0 Å². The van der Waals surface area contributed by atoms with Gasteiger partial charge in [-0.2, -0.15) is 8.78 Å². The van der Waals surface area contributed by atoms with Gasteiger partial charge in [-0.15, -0.1) is 0 Å². The van der Waals surface area contributed by atoms with Gasteiger partial charge in [0.2, 0.25) is 0 Å². The lowest BCUT2D eigenvalue weighted by Crippen LogP contribution is -2.53. The van der Waals surface area contributed by atoms with Crippen LogP contribution in [0.5, 0.6) is 5.75 Å². The summed E-state index contributed by atoms with van der Waals surface area (Å²) < 4.78 is 42.2. The highest BCUT2D eigenvalue weighted by Gasteiger charge is 2.46. The van der Waals surface area contributed by atoms with Crippen molar-refractivity contribution in [2.24, 2.45) is 5.92 Å². The second kappa shape index (κ2) is 8.99. The average Bonchev–Trinajstić information content (AvgIpc) is 2.58. The van der Waals surface area contributed by atoms with E-state index >= 15 is 0 Å². The normalized spacial score (nSPS) is 13.0. The number of rotatable bonds is 8. The number of esters is 1. The molecular formula is C19H23F2O7-. The first-order chi connectivity index (χ1) is 12.8. The number of hydrogen-bond donors (Lipinski definition) is 0. The molecule has 156 valence electrons. The first-order valence-electron chi connectivity index (χ1n) is 8.61. The summed E-state index contributed by atoms with van der Waals surface area (Å²) in [6, 6.07) is 4.87. The standard InChI is InChI=1S/C19H24F2O7/c1-6-18(4,5)28-17(25)26-13-9-7-12(8-10-13)15(22)27-14(11(2)3)19(20,21)16(23)24/h7-11,14H,6H2,1-5H3,(H,23,24)/p-1. The minimum Gasteiger partial charge on any atom is -0.544 e. The van der Waals surface area contributed by atoms with E-state index < -0.39 is 41.6 Å². The number of carboxylic acids is 1. The summed E-state index contributed by atoms with van der Waals surface area (Å²) in [5, 5.41) is 10.6. The molecule has 0 radical (unpaired) electrons. The Morgan fingerprint density at radius 3 is 2.07 bits per heavy atom. The van der Waals surface area contributed by atoms with Crippen LogP contribution in [-0.2, 0) is 14.3 Å². The van der Waals surface area contributed by atoms with Crippen molar-refractivity contribution in [1.82, 2.24) is 0 Å². The Kier molecular flexibility index (Phi) is 7.49. The van der Waals surface area contributed by atoms with Crippen LogP contribution in [0.1, 0.15) is 51.4 Å². The molecular weight excluding hydrogens is 378 g/mol. The second-order valence-corrected chi connectivity index (χ2v) is 7.07. The molecule has 28 heavy (non-hydrogen) atoms. The van der Waals surface area contributed by atoms with E-state index in [1.807, 2.05) is 6.92 Å². The number of halogens is 2. The van der Waals surface area contributed by atoms with Gasteiger partial charge in [-0.25, -0.2) is 9.59 Å². The van der Waals surface area contributed by atoms with Gasteiger partial charge in [0, 0.05) is 0 Å². The van der Waals surface area contributed by atoms with Crippen LogP contribution in [0.3, 0.4) is 0 Å². The van der Waals surface area contributed by atoms with Crippen LogP contribution < -0.4 is 9.84 Å². The third-order valence-electron chi connectivity index (χ3n) is 3.97. The largest absolute Gasteiger partial charge is 0.544 e. The summed E-state index contributed by atoms with van der Waals surface area (Å²) in [5.74, 6) is -9.04. The lowest BCUT2D eigenvalue weighted by atomic mass is 10.0. The summed E-state index contributed by atoms with van der Waals surface area (Å²) in [6.07, 6.45) is -2.57. The van der Waals surface area contributed by atoms with E-state index in [2.05, 4.69) is 4.74 Å². The summed E-state index contributed by atoms with van der Waals surface area (Å²) in [4.78, 5) is 34.4. The Balaban J connectivity index is 2.83. The summed E-state index contributed by atoms with van der Waals surface area (Å²) in [6.45, 7) is 7.83. The molecule has 9 heteroatoms. The van der Waals surface area contributed by atoms with Gasteiger partial charge in [-0.3, -0.25) is 0 Å². The Morgan fingerprint density at radius 2 is 1.64 bits per heavy atom. The Bertz CT molecular complexity index is 711. The zero-order valence-electron chi connectivity index (χ0n) is 16.3. The van der Waals surface area contributed by atoms with Gasteiger partial charge in [-0.1, -0.05) is 20.8 Å². The van der Waals surface area contributed by atoms with Crippen LogP contribution in [0.25, 0.3) is 0 Å².